The minimum absolute atomic E-state index is 0.262. The lowest BCUT2D eigenvalue weighted by Crippen LogP contribution is -2.21. The van der Waals surface area contributed by atoms with Crippen molar-refractivity contribution in [2.24, 2.45) is 0 Å². The highest BCUT2D eigenvalue weighted by Gasteiger charge is 2.39. The van der Waals surface area contributed by atoms with E-state index in [1.807, 2.05) is 0 Å². The summed E-state index contributed by atoms with van der Waals surface area (Å²) in [5, 5.41) is 10.4. The number of nitro groups is 1. The van der Waals surface area contributed by atoms with Gasteiger partial charge in [-0.1, -0.05) is 18.2 Å². The zero-order valence-electron chi connectivity index (χ0n) is 5.91. The second kappa shape index (κ2) is 3.29. The average Bonchev–Trinajstić information content (AvgIpc) is 2.06. The van der Waals surface area contributed by atoms with Crippen LogP contribution in [0.3, 0.4) is 0 Å². The molecule has 0 aliphatic heterocycles. The first-order chi connectivity index (χ1) is 5.55. The summed E-state index contributed by atoms with van der Waals surface area (Å²) in [7, 11) is 0. The lowest BCUT2D eigenvalue weighted by molar-refractivity contribution is -0.523. The molecule has 0 saturated carbocycles. The van der Waals surface area contributed by atoms with Crippen LogP contribution in [-0.4, -0.2) is 4.92 Å². The fraction of sp³-hybridized carbons (Fsp3) is 0.143. The number of alkyl halides is 2. The van der Waals surface area contributed by atoms with Crippen molar-refractivity contribution >= 4 is 23.2 Å². The van der Waals surface area contributed by atoms with E-state index in [1.54, 1.807) is 18.2 Å². The van der Waals surface area contributed by atoms with E-state index in [4.69, 9.17) is 23.2 Å². The Labute approximate surface area is 79.1 Å². The number of benzene rings is 1. The molecule has 0 heterocycles. The Kier molecular flexibility index (Phi) is 2.55. The summed E-state index contributed by atoms with van der Waals surface area (Å²) in [6.07, 6.45) is 0. The van der Waals surface area contributed by atoms with Gasteiger partial charge in [-0.05, 0) is 35.3 Å². The van der Waals surface area contributed by atoms with Crippen molar-refractivity contribution in [2.75, 3.05) is 0 Å². The molecule has 0 saturated heterocycles. The zero-order chi connectivity index (χ0) is 9.19. The van der Waals surface area contributed by atoms with Crippen LogP contribution in [-0.2, 0) is 4.46 Å². The van der Waals surface area contributed by atoms with E-state index in [2.05, 4.69) is 0 Å². The van der Waals surface area contributed by atoms with Crippen LogP contribution in [0.25, 0.3) is 0 Å². The van der Waals surface area contributed by atoms with E-state index in [-0.39, 0.29) is 5.56 Å². The van der Waals surface area contributed by atoms with Gasteiger partial charge in [-0.3, -0.25) is 10.1 Å². The fourth-order valence-electron chi connectivity index (χ4n) is 0.744. The maximum atomic E-state index is 10.4. The molecule has 64 valence electrons. The highest BCUT2D eigenvalue weighted by molar-refractivity contribution is 6.46. The lowest BCUT2D eigenvalue weighted by atomic mass is 10.2. The summed E-state index contributed by atoms with van der Waals surface area (Å²) < 4.78 is -2.04. The van der Waals surface area contributed by atoms with Crippen molar-refractivity contribution in [1.29, 1.82) is 0 Å². The minimum atomic E-state index is -2.04. The van der Waals surface area contributed by atoms with Gasteiger partial charge in [-0.2, -0.15) is 0 Å². The van der Waals surface area contributed by atoms with Gasteiger partial charge >= 0.3 is 4.46 Å². The second-order valence-corrected chi connectivity index (χ2v) is 3.45. The number of rotatable bonds is 2. The zero-order valence-corrected chi connectivity index (χ0v) is 7.42. The third-order valence-electron chi connectivity index (χ3n) is 1.35. The molecule has 0 aliphatic rings. The predicted octanol–water partition coefficient (Wildman–Crippen LogP) is 2.55. The summed E-state index contributed by atoms with van der Waals surface area (Å²) in [6, 6.07) is 8.01. The number of hydrogen-bond donors (Lipinski definition) is 0. The summed E-state index contributed by atoms with van der Waals surface area (Å²) in [4.78, 5) is 9.62. The molecule has 0 radical (unpaired) electrons. The maximum absolute atomic E-state index is 10.4. The Morgan fingerprint density at radius 2 is 1.75 bits per heavy atom. The predicted molar refractivity (Wildman–Crippen MR) is 46.8 cm³/mol. The Bertz CT molecular complexity index is 287. The molecule has 1 aromatic rings. The summed E-state index contributed by atoms with van der Waals surface area (Å²) in [5.74, 6) is 0. The topological polar surface area (TPSA) is 43.1 Å². The maximum Gasteiger partial charge on any atom is 0.396 e. The van der Waals surface area contributed by atoms with Gasteiger partial charge in [0.2, 0.25) is 0 Å². The van der Waals surface area contributed by atoms with Gasteiger partial charge in [0.05, 0.1) is 10.5 Å². The van der Waals surface area contributed by atoms with Crippen molar-refractivity contribution in [2.45, 2.75) is 4.46 Å². The van der Waals surface area contributed by atoms with Crippen LogP contribution in [0.5, 0.6) is 0 Å². The van der Waals surface area contributed by atoms with Crippen molar-refractivity contribution in [1.82, 2.24) is 0 Å². The van der Waals surface area contributed by atoms with Gasteiger partial charge in [0.1, 0.15) is 0 Å². The van der Waals surface area contributed by atoms with Gasteiger partial charge < -0.3 is 0 Å². The number of halogens is 2. The molecule has 0 N–H and O–H groups in total. The van der Waals surface area contributed by atoms with E-state index in [0.717, 1.165) is 0 Å². The van der Waals surface area contributed by atoms with E-state index < -0.39 is 9.38 Å². The van der Waals surface area contributed by atoms with E-state index in [1.165, 1.54) is 12.1 Å². The van der Waals surface area contributed by atoms with Crippen LogP contribution in [0.15, 0.2) is 30.3 Å². The molecule has 0 amide bonds. The Morgan fingerprint density at radius 1 is 1.25 bits per heavy atom. The van der Waals surface area contributed by atoms with Crippen molar-refractivity contribution in [3.05, 3.63) is 46.0 Å². The van der Waals surface area contributed by atoms with Gasteiger partial charge in [-0.15, -0.1) is 0 Å². The van der Waals surface area contributed by atoms with Gasteiger partial charge in [0.15, 0.2) is 0 Å². The SMILES string of the molecule is O=[N+]([O-])C(Cl)(Cl)c1ccccc1. The third-order valence-corrected chi connectivity index (χ3v) is 2.06. The largest absolute Gasteiger partial charge is 0.396 e. The standard InChI is InChI=1S/C7H5Cl2NO2/c8-7(9,10(11)12)6-4-2-1-3-5-6/h1-5H. The van der Waals surface area contributed by atoms with Gasteiger partial charge in [-0.25, -0.2) is 0 Å². The summed E-state index contributed by atoms with van der Waals surface area (Å²) in [6.45, 7) is 0. The first kappa shape index (κ1) is 9.29. The summed E-state index contributed by atoms with van der Waals surface area (Å²) >= 11 is 10.9. The quantitative estimate of drug-likeness (QED) is 0.323. The molecule has 0 unspecified atom stereocenters. The van der Waals surface area contributed by atoms with Gasteiger partial charge in [0, 0.05) is 0 Å². The second-order valence-electron chi connectivity index (χ2n) is 2.16. The number of hydrogen-bond acceptors (Lipinski definition) is 2. The van der Waals surface area contributed by atoms with Crippen LogP contribution in [0, 0.1) is 10.1 Å². The van der Waals surface area contributed by atoms with Crippen LogP contribution in [0.4, 0.5) is 0 Å². The first-order valence-electron chi connectivity index (χ1n) is 3.13. The molecule has 12 heavy (non-hydrogen) atoms. The van der Waals surface area contributed by atoms with Crippen molar-refractivity contribution in [3.8, 4) is 0 Å². The van der Waals surface area contributed by atoms with Crippen molar-refractivity contribution in [3.63, 3.8) is 0 Å². The van der Waals surface area contributed by atoms with E-state index in [9.17, 15) is 10.1 Å². The molecule has 1 aromatic carbocycles. The Morgan fingerprint density at radius 3 is 2.17 bits per heavy atom. The molecule has 0 aromatic heterocycles. The highest BCUT2D eigenvalue weighted by atomic mass is 35.5. The molecular formula is C7H5Cl2NO2. The minimum Gasteiger partial charge on any atom is -0.261 e. The Hall–Kier alpha value is -0.800. The molecule has 5 heteroatoms. The van der Waals surface area contributed by atoms with Crippen LogP contribution < -0.4 is 0 Å². The first-order valence-corrected chi connectivity index (χ1v) is 3.88. The normalized spacial score (nSPS) is 11.2. The molecule has 0 spiro atoms. The molecule has 0 fully saturated rings. The monoisotopic (exact) mass is 205 g/mol. The molecule has 0 bridgehead atoms. The van der Waals surface area contributed by atoms with Crippen molar-refractivity contribution < 1.29 is 4.92 Å². The molecule has 0 atom stereocenters. The third kappa shape index (κ3) is 1.68. The van der Waals surface area contributed by atoms with Crippen LogP contribution in [0.2, 0.25) is 0 Å². The Balaban J connectivity index is 3.06. The molecular weight excluding hydrogens is 201 g/mol. The molecule has 0 aliphatic carbocycles. The van der Waals surface area contributed by atoms with E-state index in [0.29, 0.717) is 0 Å². The molecule has 1 rings (SSSR count). The average molecular weight is 206 g/mol. The fourth-order valence-corrected chi connectivity index (χ4v) is 0.996. The van der Waals surface area contributed by atoms with Gasteiger partial charge in [0.25, 0.3) is 0 Å². The molecule has 3 nitrogen and oxygen atoms in total. The summed E-state index contributed by atoms with van der Waals surface area (Å²) in [5.41, 5.74) is 0.262. The number of nitrogens with zero attached hydrogens (tertiary/aromatic N) is 1. The lowest BCUT2D eigenvalue weighted by Gasteiger charge is -2.09. The van der Waals surface area contributed by atoms with E-state index >= 15 is 0 Å². The smallest absolute Gasteiger partial charge is 0.261 e. The van der Waals surface area contributed by atoms with Crippen LogP contribution in [0.1, 0.15) is 5.56 Å². The highest BCUT2D eigenvalue weighted by Crippen LogP contribution is 2.33. The van der Waals surface area contributed by atoms with Crippen LogP contribution >= 0.6 is 23.2 Å².